The Hall–Kier alpha value is -3.49. The number of nitrogens with one attached hydrogen (secondary N) is 1. The van der Waals surface area contributed by atoms with Gasteiger partial charge in [0.05, 0.1) is 43.6 Å². The molecule has 1 N–H and O–H groups in total. The summed E-state index contributed by atoms with van der Waals surface area (Å²) in [5, 5.41) is 4.40. The standard InChI is InChI=1S/C27H27ClN2O5S/c1-32-24-14-18-12-13-30(27(36)29-22-7-5-4-6-21(22)28)23(20(18)15-25(24)33-2)16-35-19-10-8-17(9-11-19)26(31)34-3/h4-11,14-15,23H,12-13,16H2,1-3H3,(H,29,36)/t23-/m1/s1. The smallest absolute Gasteiger partial charge is 0.337 e. The lowest BCUT2D eigenvalue weighted by atomic mass is 9.92. The van der Waals surface area contributed by atoms with Gasteiger partial charge in [-0.3, -0.25) is 0 Å². The van der Waals surface area contributed by atoms with Gasteiger partial charge >= 0.3 is 5.97 Å². The third-order valence-corrected chi connectivity index (χ3v) is 6.73. The molecule has 0 amide bonds. The molecule has 1 heterocycles. The Bertz CT molecular complexity index is 1250. The molecule has 1 aliphatic rings. The molecule has 0 spiro atoms. The molecule has 0 bridgehead atoms. The zero-order valence-electron chi connectivity index (χ0n) is 20.2. The minimum Gasteiger partial charge on any atom is -0.493 e. The van der Waals surface area contributed by atoms with E-state index >= 15 is 0 Å². The van der Waals surface area contributed by atoms with Crippen molar-refractivity contribution in [2.45, 2.75) is 12.5 Å². The molecule has 0 aromatic heterocycles. The Morgan fingerprint density at radius 3 is 2.42 bits per heavy atom. The number of esters is 1. The van der Waals surface area contributed by atoms with E-state index in [1.165, 1.54) is 7.11 Å². The number of benzene rings is 3. The summed E-state index contributed by atoms with van der Waals surface area (Å²) in [7, 11) is 4.59. The van der Waals surface area contributed by atoms with Gasteiger partial charge in [-0.1, -0.05) is 23.7 Å². The van der Waals surface area contributed by atoms with Gasteiger partial charge in [0.2, 0.25) is 0 Å². The van der Waals surface area contributed by atoms with Gasteiger partial charge < -0.3 is 29.2 Å². The number of thiocarbonyl (C=S) groups is 1. The molecule has 0 unspecified atom stereocenters. The average molecular weight is 527 g/mol. The number of hydrogen-bond acceptors (Lipinski definition) is 6. The van der Waals surface area contributed by atoms with Crippen molar-refractivity contribution >= 4 is 40.6 Å². The van der Waals surface area contributed by atoms with Crippen LogP contribution in [0.5, 0.6) is 17.2 Å². The van der Waals surface area contributed by atoms with Crippen LogP contribution in [0.3, 0.4) is 0 Å². The predicted molar refractivity (Wildman–Crippen MR) is 144 cm³/mol. The molecule has 0 radical (unpaired) electrons. The summed E-state index contributed by atoms with van der Waals surface area (Å²) in [5.74, 6) is 1.54. The molecule has 4 rings (SSSR count). The first-order valence-electron chi connectivity index (χ1n) is 11.3. The van der Waals surface area contributed by atoms with E-state index in [9.17, 15) is 4.79 Å². The van der Waals surface area contributed by atoms with E-state index in [4.69, 9.17) is 42.8 Å². The fourth-order valence-electron chi connectivity index (χ4n) is 4.18. The third-order valence-electron chi connectivity index (χ3n) is 6.06. The largest absolute Gasteiger partial charge is 0.493 e. The second-order valence-electron chi connectivity index (χ2n) is 8.10. The zero-order chi connectivity index (χ0) is 25.7. The van der Waals surface area contributed by atoms with E-state index in [1.807, 2.05) is 36.4 Å². The van der Waals surface area contributed by atoms with Gasteiger partial charge in [-0.05, 0) is 78.3 Å². The monoisotopic (exact) mass is 526 g/mol. The highest BCUT2D eigenvalue weighted by Crippen LogP contribution is 2.39. The summed E-state index contributed by atoms with van der Waals surface area (Å²) in [4.78, 5) is 13.8. The van der Waals surface area contributed by atoms with Gasteiger partial charge in [0.15, 0.2) is 16.6 Å². The van der Waals surface area contributed by atoms with E-state index in [2.05, 4.69) is 10.2 Å². The maximum atomic E-state index is 11.7. The summed E-state index contributed by atoms with van der Waals surface area (Å²) in [5.41, 5.74) is 3.37. The summed E-state index contributed by atoms with van der Waals surface area (Å²) in [6, 6.07) is 18.1. The van der Waals surface area contributed by atoms with Crippen LogP contribution in [0.15, 0.2) is 60.7 Å². The minimum atomic E-state index is -0.397. The lowest BCUT2D eigenvalue weighted by Gasteiger charge is -2.39. The normalized spacial score (nSPS) is 14.4. The molecular formula is C27H27ClN2O5S. The van der Waals surface area contributed by atoms with Crippen molar-refractivity contribution in [1.82, 2.24) is 4.90 Å². The second kappa shape index (κ2) is 11.5. The number of rotatable bonds is 7. The topological polar surface area (TPSA) is 69.3 Å². The van der Waals surface area contributed by atoms with Crippen LogP contribution in [-0.2, 0) is 11.2 Å². The van der Waals surface area contributed by atoms with Crippen LogP contribution < -0.4 is 19.5 Å². The van der Waals surface area contributed by atoms with E-state index in [1.54, 1.807) is 38.5 Å². The lowest BCUT2D eigenvalue weighted by molar-refractivity contribution is 0.0600. The maximum Gasteiger partial charge on any atom is 0.337 e. The summed E-state index contributed by atoms with van der Waals surface area (Å²) in [6.07, 6.45) is 0.768. The van der Waals surface area contributed by atoms with Gasteiger partial charge in [0.1, 0.15) is 12.4 Å². The highest BCUT2D eigenvalue weighted by molar-refractivity contribution is 7.80. The first kappa shape index (κ1) is 25.6. The molecule has 3 aromatic carbocycles. The summed E-state index contributed by atoms with van der Waals surface area (Å²) in [6.45, 7) is 0.985. The number of nitrogens with zero attached hydrogens (tertiary/aromatic N) is 1. The molecule has 1 atom stereocenters. The molecule has 3 aromatic rings. The van der Waals surface area contributed by atoms with Gasteiger partial charge in [0.25, 0.3) is 0 Å². The van der Waals surface area contributed by atoms with E-state index in [0.29, 0.717) is 46.1 Å². The Morgan fingerprint density at radius 2 is 1.75 bits per heavy atom. The van der Waals surface area contributed by atoms with Crippen molar-refractivity contribution in [3.8, 4) is 17.2 Å². The van der Waals surface area contributed by atoms with Crippen molar-refractivity contribution in [2.75, 3.05) is 39.8 Å². The summed E-state index contributed by atoms with van der Waals surface area (Å²) >= 11 is 12.2. The fourth-order valence-corrected chi connectivity index (χ4v) is 4.69. The van der Waals surface area contributed by atoms with E-state index < -0.39 is 5.97 Å². The van der Waals surface area contributed by atoms with Crippen molar-refractivity contribution in [3.63, 3.8) is 0 Å². The molecule has 188 valence electrons. The second-order valence-corrected chi connectivity index (χ2v) is 8.90. The highest BCUT2D eigenvalue weighted by Gasteiger charge is 2.31. The van der Waals surface area contributed by atoms with Crippen LogP contribution in [-0.4, -0.2) is 50.5 Å². The number of halogens is 1. The number of hydrogen-bond donors (Lipinski definition) is 1. The Balaban J connectivity index is 1.62. The average Bonchev–Trinajstić information content (AvgIpc) is 2.91. The van der Waals surface area contributed by atoms with Gasteiger partial charge in [-0.25, -0.2) is 4.79 Å². The molecule has 0 saturated heterocycles. The molecule has 36 heavy (non-hydrogen) atoms. The van der Waals surface area contributed by atoms with Crippen LogP contribution in [0.4, 0.5) is 5.69 Å². The zero-order valence-corrected chi connectivity index (χ0v) is 21.8. The van der Waals surface area contributed by atoms with Crippen LogP contribution >= 0.6 is 23.8 Å². The molecule has 0 aliphatic carbocycles. The number of carbonyl (C=O) groups excluding carboxylic acids is 1. The Labute approximate surface area is 220 Å². The number of ether oxygens (including phenoxy) is 4. The van der Waals surface area contributed by atoms with Crippen molar-refractivity contribution in [3.05, 3.63) is 82.4 Å². The number of para-hydroxylation sites is 1. The van der Waals surface area contributed by atoms with Crippen LogP contribution in [0.25, 0.3) is 0 Å². The predicted octanol–water partition coefficient (Wildman–Crippen LogP) is 5.52. The first-order chi connectivity index (χ1) is 17.4. The van der Waals surface area contributed by atoms with Crippen molar-refractivity contribution in [2.24, 2.45) is 0 Å². The molecule has 7 nitrogen and oxygen atoms in total. The molecule has 0 fully saturated rings. The van der Waals surface area contributed by atoms with E-state index in [-0.39, 0.29) is 6.04 Å². The molecule has 0 saturated carbocycles. The maximum absolute atomic E-state index is 11.7. The third kappa shape index (κ3) is 5.50. The SMILES string of the molecule is COC(=O)c1ccc(OC[C@@H]2c3cc(OC)c(OC)cc3CCN2C(=S)Nc2ccccc2Cl)cc1. The molecule has 1 aliphatic heterocycles. The fraction of sp³-hybridized carbons (Fsp3) is 0.259. The first-order valence-corrected chi connectivity index (χ1v) is 12.1. The summed E-state index contributed by atoms with van der Waals surface area (Å²) < 4.78 is 22.0. The quantitative estimate of drug-likeness (QED) is 0.319. The Morgan fingerprint density at radius 1 is 1.06 bits per heavy atom. The molecule has 9 heteroatoms. The number of methoxy groups -OCH3 is 3. The highest BCUT2D eigenvalue weighted by atomic mass is 35.5. The van der Waals surface area contributed by atoms with Crippen LogP contribution in [0.1, 0.15) is 27.5 Å². The van der Waals surface area contributed by atoms with Crippen molar-refractivity contribution < 1.29 is 23.7 Å². The van der Waals surface area contributed by atoms with Crippen molar-refractivity contribution in [1.29, 1.82) is 0 Å². The number of fused-ring (bicyclic) bond motifs is 1. The minimum absolute atomic E-state index is 0.212. The van der Waals surface area contributed by atoms with Gasteiger partial charge in [0, 0.05) is 6.54 Å². The van der Waals surface area contributed by atoms with Crippen LogP contribution in [0.2, 0.25) is 5.02 Å². The van der Waals surface area contributed by atoms with Crippen LogP contribution in [0, 0.1) is 0 Å². The lowest BCUT2D eigenvalue weighted by Crippen LogP contribution is -2.44. The van der Waals surface area contributed by atoms with Gasteiger partial charge in [-0.15, -0.1) is 0 Å². The Kier molecular flexibility index (Phi) is 8.18. The number of carbonyl (C=O) groups is 1. The van der Waals surface area contributed by atoms with E-state index in [0.717, 1.165) is 23.2 Å². The van der Waals surface area contributed by atoms with Gasteiger partial charge in [-0.2, -0.15) is 0 Å². The molecular weight excluding hydrogens is 500 g/mol. The number of anilines is 1.